The molecule has 19 heavy (non-hydrogen) atoms. The van der Waals surface area contributed by atoms with Gasteiger partial charge in [0.2, 0.25) is 0 Å². The second kappa shape index (κ2) is 10.2. The average molecular weight is 294 g/mol. The van der Waals surface area contributed by atoms with Gasteiger partial charge in [-0.25, -0.2) is 0 Å². The predicted octanol–water partition coefficient (Wildman–Crippen LogP) is 3.11. The van der Waals surface area contributed by atoms with Gasteiger partial charge in [0, 0.05) is 0 Å². The highest BCUT2D eigenvalue weighted by molar-refractivity contribution is 7.85. The lowest BCUT2D eigenvalue weighted by atomic mass is 10.0. The van der Waals surface area contributed by atoms with Crippen molar-refractivity contribution in [2.45, 2.75) is 64.7 Å². The van der Waals surface area contributed by atoms with E-state index in [1.54, 1.807) is 0 Å². The molecule has 0 rings (SSSR count). The summed E-state index contributed by atoms with van der Waals surface area (Å²) in [6.07, 6.45) is 9.06. The number of hydrogen-bond acceptors (Lipinski definition) is 3. The molecule has 0 amide bonds. The maximum absolute atomic E-state index is 10.8. The summed E-state index contributed by atoms with van der Waals surface area (Å²) >= 11 is 0. The van der Waals surface area contributed by atoms with E-state index in [-0.39, 0.29) is 0 Å². The summed E-state index contributed by atoms with van der Waals surface area (Å²) in [5, 5.41) is 8.86. The van der Waals surface area contributed by atoms with E-state index in [1.807, 2.05) is 0 Å². The van der Waals surface area contributed by atoms with Crippen LogP contribution in [0.25, 0.3) is 0 Å². The standard InChI is InChI=1S/C13H26O5S/c1-2-3-4-5-6-7-8-9-10-12(13(14)15)11-19(16,17)18/h12H,2-11H2,1H3,(H,14,15)(H,16,17,18). The normalized spacial score (nSPS) is 13.4. The summed E-state index contributed by atoms with van der Waals surface area (Å²) < 4.78 is 30.0. The molecule has 0 aromatic carbocycles. The van der Waals surface area contributed by atoms with Gasteiger partial charge >= 0.3 is 5.97 Å². The Morgan fingerprint density at radius 3 is 1.89 bits per heavy atom. The van der Waals surface area contributed by atoms with Crippen molar-refractivity contribution in [1.82, 2.24) is 0 Å². The van der Waals surface area contributed by atoms with Gasteiger partial charge in [-0.3, -0.25) is 9.35 Å². The molecule has 0 aliphatic heterocycles. The molecule has 0 aromatic heterocycles. The SMILES string of the molecule is CCCCCCCCCCC(CS(=O)(=O)O)C(=O)O. The number of hydrogen-bond donors (Lipinski definition) is 2. The first-order valence-electron chi connectivity index (χ1n) is 7.04. The molecule has 0 saturated carbocycles. The molecule has 2 N–H and O–H groups in total. The van der Waals surface area contributed by atoms with Crippen molar-refractivity contribution in [3.8, 4) is 0 Å². The number of carbonyl (C=O) groups is 1. The van der Waals surface area contributed by atoms with Crippen LogP contribution < -0.4 is 0 Å². The third kappa shape index (κ3) is 12.2. The van der Waals surface area contributed by atoms with Crippen LogP contribution in [0.5, 0.6) is 0 Å². The molecule has 1 atom stereocenters. The van der Waals surface area contributed by atoms with Crippen LogP contribution in [-0.2, 0) is 14.9 Å². The minimum atomic E-state index is -4.21. The van der Waals surface area contributed by atoms with E-state index in [9.17, 15) is 13.2 Å². The van der Waals surface area contributed by atoms with E-state index >= 15 is 0 Å². The number of carboxylic acid groups (broad SMARTS) is 1. The highest BCUT2D eigenvalue weighted by Crippen LogP contribution is 2.15. The highest BCUT2D eigenvalue weighted by atomic mass is 32.2. The van der Waals surface area contributed by atoms with Gasteiger partial charge in [0.05, 0.1) is 11.7 Å². The molecule has 0 saturated heterocycles. The summed E-state index contributed by atoms with van der Waals surface area (Å²) in [5.74, 6) is -2.82. The molecular weight excluding hydrogens is 268 g/mol. The first-order valence-corrected chi connectivity index (χ1v) is 8.65. The Morgan fingerprint density at radius 2 is 1.47 bits per heavy atom. The Bertz CT molecular complexity index is 337. The van der Waals surface area contributed by atoms with Crippen LogP contribution in [0.3, 0.4) is 0 Å². The van der Waals surface area contributed by atoms with Gasteiger partial charge in [0.1, 0.15) is 0 Å². The van der Waals surface area contributed by atoms with Crippen LogP contribution in [0.2, 0.25) is 0 Å². The molecule has 1 unspecified atom stereocenters. The van der Waals surface area contributed by atoms with Crippen molar-refractivity contribution in [3.05, 3.63) is 0 Å². The smallest absolute Gasteiger partial charge is 0.307 e. The molecule has 0 radical (unpaired) electrons. The van der Waals surface area contributed by atoms with Crippen molar-refractivity contribution in [2.75, 3.05) is 5.75 Å². The van der Waals surface area contributed by atoms with Crippen LogP contribution in [0.15, 0.2) is 0 Å². The second-order valence-electron chi connectivity index (χ2n) is 5.05. The van der Waals surface area contributed by atoms with E-state index in [4.69, 9.17) is 9.66 Å². The molecule has 0 fully saturated rings. The molecule has 0 heterocycles. The number of unbranched alkanes of at least 4 members (excludes halogenated alkanes) is 7. The van der Waals surface area contributed by atoms with E-state index in [0.29, 0.717) is 12.8 Å². The lowest BCUT2D eigenvalue weighted by Gasteiger charge is -2.10. The molecule has 0 bridgehead atoms. The topological polar surface area (TPSA) is 91.7 Å². The summed E-state index contributed by atoms with van der Waals surface area (Å²) in [6, 6.07) is 0. The first kappa shape index (κ1) is 18.4. The van der Waals surface area contributed by atoms with E-state index in [1.165, 1.54) is 25.7 Å². The first-order chi connectivity index (χ1) is 8.87. The number of carboxylic acids is 1. The summed E-state index contributed by atoms with van der Waals surface area (Å²) in [5.41, 5.74) is 0. The largest absolute Gasteiger partial charge is 0.481 e. The van der Waals surface area contributed by atoms with Crippen LogP contribution >= 0.6 is 0 Å². The van der Waals surface area contributed by atoms with Gasteiger partial charge in [-0.1, -0.05) is 58.3 Å². The van der Waals surface area contributed by atoms with Gasteiger partial charge in [0.15, 0.2) is 0 Å². The lowest BCUT2D eigenvalue weighted by molar-refractivity contribution is -0.141. The zero-order valence-corrected chi connectivity index (χ0v) is 12.5. The fourth-order valence-electron chi connectivity index (χ4n) is 2.06. The zero-order chi connectivity index (χ0) is 14.7. The van der Waals surface area contributed by atoms with Crippen LogP contribution in [0.4, 0.5) is 0 Å². The highest BCUT2D eigenvalue weighted by Gasteiger charge is 2.23. The van der Waals surface area contributed by atoms with E-state index in [0.717, 1.165) is 19.3 Å². The second-order valence-corrected chi connectivity index (χ2v) is 6.54. The maximum Gasteiger partial charge on any atom is 0.307 e. The van der Waals surface area contributed by atoms with Crippen LogP contribution in [-0.4, -0.2) is 29.8 Å². The molecule has 0 aliphatic rings. The van der Waals surface area contributed by atoms with Crippen molar-refractivity contribution in [2.24, 2.45) is 5.92 Å². The van der Waals surface area contributed by atoms with Gasteiger partial charge in [-0.15, -0.1) is 0 Å². The fraction of sp³-hybridized carbons (Fsp3) is 0.923. The van der Waals surface area contributed by atoms with Crippen molar-refractivity contribution < 1.29 is 22.9 Å². The Hall–Kier alpha value is -0.620. The van der Waals surface area contributed by atoms with Crippen LogP contribution in [0.1, 0.15) is 64.7 Å². The molecular formula is C13H26O5S. The molecule has 0 spiro atoms. The molecule has 6 heteroatoms. The molecule has 0 aromatic rings. The molecule has 5 nitrogen and oxygen atoms in total. The predicted molar refractivity (Wildman–Crippen MR) is 74.8 cm³/mol. The summed E-state index contributed by atoms with van der Waals surface area (Å²) in [4.78, 5) is 10.8. The average Bonchev–Trinajstić information content (AvgIpc) is 2.29. The van der Waals surface area contributed by atoms with Crippen LogP contribution in [0, 0.1) is 5.92 Å². The molecule has 0 aliphatic carbocycles. The van der Waals surface area contributed by atoms with Crippen molar-refractivity contribution in [3.63, 3.8) is 0 Å². The summed E-state index contributed by atoms with van der Waals surface area (Å²) in [7, 11) is -4.21. The van der Waals surface area contributed by atoms with Gasteiger partial charge < -0.3 is 5.11 Å². The monoisotopic (exact) mass is 294 g/mol. The number of rotatable bonds is 12. The quantitative estimate of drug-likeness (QED) is 0.426. The third-order valence-corrected chi connectivity index (χ3v) is 3.99. The molecule has 114 valence electrons. The minimum absolute atomic E-state index is 0.310. The number of aliphatic carboxylic acids is 1. The van der Waals surface area contributed by atoms with Gasteiger partial charge in [-0.2, -0.15) is 8.42 Å². The summed E-state index contributed by atoms with van der Waals surface area (Å²) in [6.45, 7) is 2.17. The van der Waals surface area contributed by atoms with E-state index < -0.39 is 27.8 Å². The fourth-order valence-corrected chi connectivity index (χ4v) is 2.87. The van der Waals surface area contributed by atoms with Gasteiger partial charge in [-0.05, 0) is 6.42 Å². The Labute approximate surface area is 116 Å². The third-order valence-electron chi connectivity index (χ3n) is 3.17. The van der Waals surface area contributed by atoms with E-state index in [2.05, 4.69) is 6.92 Å². The Kier molecular flexibility index (Phi) is 9.87. The van der Waals surface area contributed by atoms with Crippen molar-refractivity contribution >= 4 is 16.1 Å². The maximum atomic E-state index is 10.8. The Morgan fingerprint density at radius 1 is 1.00 bits per heavy atom. The van der Waals surface area contributed by atoms with Crippen molar-refractivity contribution in [1.29, 1.82) is 0 Å². The minimum Gasteiger partial charge on any atom is -0.481 e. The lowest BCUT2D eigenvalue weighted by Crippen LogP contribution is -2.23. The zero-order valence-electron chi connectivity index (χ0n) is 11.7. The van der Waals surface area contributed by atoms with Gasteiger partial charge in [0.25, 0.3) is 10.1 Å². The Balaban J connectivity index is 3.68.